The van der Waals surface area contributed by atoms with Crippen LogP contribution in [0, 0.1) is 5.82 Å². The Balaban J connectivity index is 2.78. The molecule has 0 aliphatic rings. The maximum Gasteiger partial charge on any atom is 0.193 e. The van der Waals surface area contributed by atoms with Gasteiger partial charge in [-0.05, 0) is 12.1 Å². The number of rotatable bonds is 1. The summed E-state index contributed by atoms with van der Waals surface area (Å²) < 4.78 is 19.9. The maximum absolute atomic E-state index is 13.5. The lowest BCUT2D eigenvalue weighted by Crippen LogP contribution is -1.90. The van der Waals surface area contributed by atoms with E-state index in [4.69, 9.17) is 4.74 Å². The predicted molar refractivity (Wildman–Crippen MR) is 47.2 cm³/mol. The van der Waals surface area contributed by atoms with Crippen LogP contribution in [0.5, 0.6) is 5.75 Å². The van der Waals surface area contributed by atoms with Gasteiger partial charge in [-0.3, -0.25) is 4.68 Å². The normalized spacial score (nSPS) is 10.7. The van der Waals surface area contributed by atoms with E-state index in [1.807, 2.05) is 0 Å². The Morgan fingerprint density at radius 1 is 1.46 bits per heavy atom. The minimum atomic E-state index is -0.402. The number of nitrogens with zero attached hydrogens (tertiary/aromatic N) is 2. The van der Waals surface area contributed by atoms with E-state index in [1.54, 1.807) is 30.1 Å². The van der Waals surface area contributed by atoms with Crippen LogP contribution in [0.4, 0.5) is 4.39 Å². The molecule has 2 rings (SSSR count). The number of fused-ring (bicyclic) bond motifs is 1. The molecule has 0 spiro atoms. The maximum atomic E-state index is 13.5. The molecule has 1 heterocycles. The van der Waals surface area contributed by atoms with E-state index in [1.165, 1.54) is 7.11 Å². The lowest BCUT2D eigenvalue weighted by molar-refractivity contribution is 0.388. The van der Waals surface area contributed by atoms with Crippen LogP contribution >= 0.6 is 0 Å². The molecule has 0 fully saturated rings. The predicted octanol–water partition coefficient (Wildman–Crippen LogP) is 1.72. The molecule has 3 nitrogen and oxygen atoms in total. The van der Waals surface area contributed by atoms with E-state index >= 15 is 0 Å². The van der Waals surface area contributed by atoms with Crippen molar-refractivity contribution in [3.05, 3.63) is 24.1 Å². The summed E-state index contributed by atoms with van der Waals surface area (Å²) >= 11 is 0. The fraction of sp³-hybridized carbons (Fsp3) is 0.222. The minimum Gasteiger partial charge on any atom is -0.494 e. The lowest BCUT2D eigenvalue weighted by Gasteiger charge is -1.99. The van der Waals surface area contributed by atoms with Crippen LogP contribution in [0.25, 0.3) is 10.9 Å². The summed E-state index contributed by atoms with van der Waals surface area (Å²) in [6.07, 6.45) is 1.76. The highest BCUT2D eigenvalue weighted by atomic mass is 19.1. The van der Waals surface area contributed by atoms with E-state index in [9.17, 15) is 4.39 Å². The molecule has 0 aliphatic carbocycles. The zero-order chi connectivity index (χ0) is 9.42. The molecule has 68 valence electrons. The number of hydrogen-bond donors (Lipinski definition) is 0. The molecular weight excluding hydrogens is 171 g/mol. The third kappa shape index (κ3) is 1.14. The third-order valence-electron chi connectivity index (χ3n) is 1.92. The van der Waals surface area contributed by atoms with Crippen LogP contribution in [0.2, 0.25) is 0 Å². The van der Waals surface area contributed by atoms with E-state index in [0.717, 1.165) is 5.39 Å². The highest BCUT2D eigenvalue weighted by Crippen LogP contribution is 2.24. The molecule has 0 aliphatic heterocycles. The van der Waals surface area contributed by atoms with Gasteiger partial charge in [-0.2, -0.15) is 5.10 Å². The van der Waals surface area contributed by atoms with E-state index in [-0.39, 0.29) is 5.75 Å². The van der Waals surface area contributed by atoms with Crippen molar-refractivity contribution in [2.75, 3.05) is 7.11 Å². The first-order chi connectivity index (χ1) is 6.22. The molecular formula is C9H9FN2O. The van der Waals surface area contributed by atoms with Crippen molar-refractivity contribution in [2.45, 2.75) is 0 Å². The van der Waals surface area contributed by atoms with Gasteiger partial charge in [0.25, 0.3) is 0 Å². The molecule has 0 atom stereocenters. The number of aromatic nitrogens is 2. The molecule has 0 saturated heterocycles. The van der Waals surface area contributed by atoms with Crippen molar-refractivity contribution in [3.8, 4) is 5.75 Å². The highest BCUT2D eigenvalue weighted by molar-refractivity contribution is 5.80. The van der Waals surface area contributed by atoms with Crippen molar-refractivity contribution < 1.29 is 9.13 Å². The Morgan fingerprint density at radius 2 is 2.23 bits per heavy atom. The third-order valence-corrected chi connectivity index (χ3v) is 1.92. The van der Waals surface area contributed by atoms with E-state index < -0.39 is 5.82 Å². The molecule has 0 saturated carbocycles. The van der Waals surface area contributed by atoms with Crippen LogP contribution in [0.15, 0.2) is 18.3 Å². The van der Waals surface area contributed by atoms with Crippen molar-refractivity contribution in [1.82, 2.24) is 9.78 Å². The number of aryl methyl sites for hydroxylation is 1. The molecule has 0 bridgehead atoms. The highest BCUT2D eigenvalue weighted by Gasteiger charge is 2.09. The molecule has 13 heavy (non-hydrogen) atoms. The minimum absolute atomic E-state index is 0.228. The van der Waals surface area contributed by atoms with Gasteiger partial charge in [0.1, 0.15) is 5.52 Å². The van der Waals surface area contributed by atoms with E-state index in [2.05, 4.69) is 5.10 Å². The van der Waals surface area contributed by atoms with Gasteiger partial charge in [-0.25, -0.2) is 4.39 Å². The smallest absolute Gasteiger partial charge is 0.193 e. The largest absolute Gasteiger partial charge is 0.494 e. The average Bonchev–Trinajstić information content (AvgIpc) is 2.47. The molecule has 0 unspecified atom stereocenters. The fourth-order valence-electron chi connectivity index (χ4n) is 1.31. The second-order valence-corrected chi connectivity index (χ2v) is 2.82. The Bertz CT molecular complexity index is 450. The standard InChI is InChI=1S/C9H9FN2O/c1-12-5-6-3-4-7(13-2)8(10)9(6)11-12/h3-5H,1-2H3. The zero-order valence-corrected chi connectivity index (χ0v) is 7.41. The fourth-order valence-corrected chi connectivity index (χ4v) is 1.31. The van der Waals surface area contributed by atoms with Gasteiger partial charge in [0.05, 0.1) is 7.11 Å². The second kappa shape index (κ2) is 2.73. The van der Waals surface area contributed by atoms with Crippen LogP contribution in [0.3, 0.4) is 0 Å². The van der Waals surface area contributed by atoms with Crippen LogP contribution in [0.1, 0.15) is 0 Å². The first-order valence-electron chi connectivity index (χ1n) is 3.88. The summed E-state index contributed by atoms with van der Waals surface area (Å²) in [4.78, 5) is 0. The van der Waals surface area contributed by atoms with Crippen LogP contribution in [-0.4, -0.2) is 16.9 Å². The Labute approximate surface area is 74.7 Å². The summed E-state index contributed by atoms with van der Waals surface area (Å²) in [5, 5.41) is 4.76. The SMILES string of the molecule is COc1ccc2cn(C)nc2c1F. The van der Waals surface area contributed by atoms with Gasteiger partial charge >= 0.3 is 0 Å². The first kappa shape index (κ1) is 8.04. The number of halogens is 1. The second-order valence-electron chi connectivity index (χ2n) is 2.82. The Kier molecular flexibility index (Phi) is 1.69. The molecule has 0 radical (unpaired) electrons. The average molecular weight is 180 g/mol. The lowest BCUT2D eigenvalue weighted by atomic mass is 10.2. The van der Waals surface area contributed by atoms with Crippen molar-refractivity contribution >= 4 is 10.9 Å². The number of methoxy groups -OCH3 is 1. The molecule has 0 N–H and O–H groups in total. The Hall–Kier alpha value is -1.58. The number of benzene rings is 1. The number of ether oxygens (including phenoxy) is 1. The Morgan fingerprint density at radius 3 is 2.92 bits per heavy atom. The molecule has 2 aromatic rings. The summed E-state index contributed by atoms with van der Waals surface area (Å²) in [6, 6.07) is 3.38. The van der Waals surface area contributed by atoms with Gasteiger partial charge in [0.2, 0.25) is 0 Å². The summed E-state index contributed by atoms with van der Waals surface area (Å²) in [5.41, 5.74) is 0.349. The topological polar surface area (TPSA) is 27.1 Å². The van der Waals surface area contributed by atoms with Gasteiger partial charge in [-0.15, -0.1) is 0 Å². The van der Waals surface area contributed by atoms with Crippen molar-refractivity contribution in [1.29, 1.82) is 0 Å². The summed E-state index contributed by atoms with van der Waals surface area (Å²) in [5.74, 6) is -0.174. The van der Waals surface area contributed by atoms with Gasteiger partial charge in [-0.1, -0.05) is 0 Å². The van der Waals surface area contributed by atoms with Crippen molar-refractivity contribution in [2.24, 2.45) is 7.05 Å². The van der Waals surface area contributed by atoms with Crippen LogP contribution < -0.4 is 4.74 Å². The quantitative estimate of drug-likeness (QED) is 0.668. The van der Waals surface area contributed by atoms with Crippen LogP contribution in [-0.2, 0) is 7.05 Å². The molecule has 4 heteroatoms. The van der Waals surface area contributed by atoms with Gasteiger partial charge in [0, 0.05) is 18.6 Å². The summed E-state index contributed by atoms with van der Waals surface area (Å²) in [6.45, 7) is 0. The summed E-state index contributed by atoms with van der Waals surface area (Å²) in [7, 11) is 3.19. The molecule has 0 amide bonds. The van der Waals surface area contributed by atoms with Crippen molar-refractivity contribution in [3.63, 3.8) is 0 Å². The number of hydrogen-bond acceptors (Lipinski definition) is 2. The van der Waals surface area contributed by atoms with Gasteiger partial charge in [0.15, 0.2) is 11.6 Å². The van der Waals surface area contributed by atoms with Gasteiger partial charge < -0.3 is 4.74 Å². The molecule has 1 aromatic carbocycles. The monoisotopic (exact) mass is 180 g/mol. The zero-order valence-electron chi connectivity index (χ0n) is 7.41. The van der Waals surface area contributed by atoms with E-state index in [0.29, 0.717) is 5.52 Å². The molecule has 1 aromatic heterocycles. The first-order valence-corrected chi connectivity index (χ1v) is 3.88.